The van der Waals surface area contributed by atoms with Gasteiger partial charge in [0.2, 0.25) is 0 Å². The molecule has 0 bridgehead atoms. The molecule has 0 aliphatic rings. The summed E-state index contributed by atoms with van der Waals surface area (Å²) in [5.41, 5.74) is 2.44. The Morgan fingerprint density at radius 2 is 1.00 bits per heavy atom. The Balaban J connectivity index is 1.99. The summed E-state index contributed by atoms with van der Waals surface area (Å²) in [6.45, 7) is 0. The maximum atomic E-state index is 6.10. The van der Waals surface area contributed by atoms with Crippen LogP contribution in [0.5, 0.6) is 0 Å². The van der Waals surface area contributed by atoms with Crippen molar-refractivity contribution in [2.45, 2.75) is 0 Å². The lowest BCUT2D eigenvalue weighted by Crippen LogP contribution is -1.82. The van der Waals surface area contributed by atoms with Crippen molar-refractivity contribution < 1.29 is 0 Å². The third-order valence-corrected chi connectivity index (χ3v) is 6.13. The number of halogens is 2. The molecule has 0 radical (unpaired) electrons. The molecule has 4 aromatic rings. The monoisotopic (exact) mass is 360 g/mol. The van der Waals surface area contributed by atoms with E-state index >= 15 is 0 Å². The van der Waals surface area contributed by atoms with Crippen LogP contribution in [0.3, 0.4) is 0 Å². The zero-order valence-electron chi connectivity index (χ0n) is 11.3. The first-order valence-corrected chi connectivity index (χ1v) is 9.14. The first-order chi connectivity index (χ1) is 10.7. The molecule has 0 aliphatic carbocycles. The predicted molar refractivity (Wildman–Crippen MR) is 101 cm³/mol. The van der Waals surface area contributed by atoms with Crippen LogP contribution >= 0.6 is 45.9 Å². The van der Waals surface area contributed by atoms with Crippen molar-refractivity contribution in [1.82, 2.24) is 0 Å². The first kappa shape index (κ1) is 14.3. The molecule has 4 heteroatoms. The van der Waals surface area contributed by atoms with Crippen molar-refractivity contribution in [3.05, 3.63) is 69.3 Å². The van der Waals surface area contributed by atoms with Gasteiger partial charge >= 0.3 is 0 Å². The SMILES string of the molecule is Clc1ccc(-c2ccc(-c3ccc(Cl)s3)c3ccccc23)s1. The minimum absolute atomic E-state index is 0.813. The molecular formula is C18H10Cl2S2. The van der Waals surface area contributed by atoms with Gasteiger partial charge in [-0.15, -0.1) is 22.7 Å². The van der Waals surface area contributed by atoms with Gasteiger partial charge in [0.15, 0.2) is 0 Å². The van der Waals surface area contributed by atoms with Gasteiger partial charge < -0.3 is 0 Å². The van der Waals surface area contributed by atoms with Gasteiger partial charge in [-0.05, 0) is 46.2 Å². The molecule has 2 aromatic carbocycles. The highest BCUT2D eigenvalue weighted by Gasteiger charge is 2.11. The van der Waals surface area contributed by atoms with E-state index in [1.54, 1.807) is 22.7 Å². The third-order valence-electron chi connectivity index (χ3n) is 3.60. The molecule has 2 aromatic heterocycles. The van der Waals surface area contributed by atoms with Crippen LogP contribution in [-0.4, -0.2) is 0 Å². The molecule has 0 N–H and O–H groups in total. The van der Waals surface area contributed by atoms with Crippen LogP contribution in [0.2, 0.25) is 8.67 Å². The van der Waals surface area contributed by atoms with Crippen molar-refractivity contribution >= 4 is 56.6 Å². The molecule has 0 spiro atoms. The van der Waals surface area contributed by atoms with Crippen LogP contribution in [0, 0.1) is 0 Å². The van der Waals surface area contributed by atoms with Gasteiger partial charge in [0.1, 0.15) is 0 Å². The molecule has 2 heterocycles. The standard InChI is InChI=1S/C18H10Cl2S2/c19-17-9-7-15(21-17)13-5-6-14(16-8-10-18(20)22-16)12-4-2-1-3-11(12)13/h1-10H. The summed E-state index contributed by atoms with van der Waals surface area (Å²) in [5.74, 6) is 0. The van der Waals surface area contributed by atoms with E-state index in [1.807, 2.05) is 12.1 Å². The van der Waals surface area contributed by atoms with Crippen molar-refractivity contribution in [2.24, 2.45) is 0 Å². The number of rotatable bonds is 2. The van der Waals surface area contributed by atoms with E-state index in [-0.39, 0.29) is 0 Å². The number of thiophene rings is 2. The third kappa shape index (κ3) is 2.46. The van der Waals surface area contributed by atoms with E-state index in [9.17, 15) is 0 Å². The van der Waals surface area contributed by atoms with Gasteiger partial charge in [-0.3, -0.25) is 0 Å². The molecule has 0 nitrogen and oxygen atoms in total. The normalized spacial score (nSPS) is 11.2. The molecule has 0 aliphatic heterocycles. The lowest BCUT2D eigenvalue weighted by Gasteiger charge is -2.09. The summed E-state index contributed by atoms with van der Waals surface area (Å²) in [5, 5.41) is 2.48. The lowest BCUT2D eigenvalue weighted by molar-refractivity contribution is 1.72. The van der Waals surface area contributed by atoms with Gasteiger partial charge in [-0.2, -0.15) is 0 Å². The Labute approximate surface area is 146 Å². The molecular weight excluding hydrogens is 351 g/mol. The smallest absolute Gasteiger partial charge is 0.0934 e. The van der Waals surface area contributed by atoms with Crippen LogP contribution < -0.4 is 0 Å². The van der Waals surface area contributed by atoms with Crippen molar-refractivity contribution in [2.75, 3.05) is 0 Å². The van der Waals surface area contributed by atoms with E-state index in [1.165, 1.54) is 31.7 Å². The summed E-state index contributed by atoms with van der Waals surface area (Å²) in [4.78, 5) is 2.38. The molecule has 0 saturated carbocycles. The summed E-state index contributed by atoms with van der Waals surface area (Å²) in [6.07, 6.45) is 0. The van der Waals surface area contributed by atoms with Crippen LogP contribution in [-0.2, 0) is 0 Å². The maximum Gasteiger partial charge on any atom is 0.0934 e. The fourth-order valence-corrected chi connectivity index (χ4v) is 4.81. The molecule has 22 heavy (non-hydrogen) atoms. The Hall–Kier alpha value is -1.32. The minimum Gasteiger partial charge on any atom is -0.123 e. The number of hydrogen-bond donors (Lipinski definition) is 0. The Bertz CT molecular complexity index is 887. The van der Waals surface area contributed by atoms with Crippen LogP contribution in [0.25, 0.3) is 31.7 Å². The summed E-state index contributed by atoms with van der Waals surface area (Å²) in [6, 6.07) is 20.9. The van der Waals surface area contributed by atoms with E-state index < -0.39 is 0 Å². The van der Waals surface area contributed by atoms with Crippen molar-refractivity contribution in [1.29, 1.82) is 0 Å². The zero-order valence-corrected chi connectivity index (χ0v) is 14.5. The van der Waals surface area contributed by atoms with E-state index in [0.29, 0.717) is 0 Å². The Kier molecular flexibility index (Phi) is 3.71. The highest BCUT2D eigenvalue weighted by molar-refractivity contribution is 7.19. The van der Waals surface area contributed by atoms with Crippen molar-refractivity contribution in [3.63, 3.8) is 0 Å². The average Bonchev–Trinajstić information content (AvgIpc) is 3.15. The zero-order chi connectivity index (χ0) is 15.1. The Morgan fingerprint density at radius 1 is 0.545 bits per heavy atom. The van der Waals surface area contributed by atoms with Crippen LogP contribution in [0.4, 0.5) is 0 Å². The molecule has 0 unspecified atom stereocenters. The van der Waals surface area contributed by atoms with Gasteiger partial charge in [0.05, 0.1) is 8.67 Å². The second-order valence-electron chi connectivity index (χ2n) is 4.91. The predicted octanol–water partition coefficient (Wildman–Crippen LogP) is 7.60. The van der Waals surface area contributed by atoms with Crippen molar-refractivity contribution in [3.8, 4) is 20.9 Å². The largest absolute Gasteiger partial charge is 0.123 e. The fraction of sp³-hybridized carbons (Fsp3) is 0. The average molecular weight is 361 g/mol. The number of benzene rings is 2. The molecule has 108 valence electrons. The van der Waals surface area contributed by atoms with Crippen LogP contribution in [0.1, 0.15) is 0 Å². The summed E-state index contributed by atoms with van der Waals surface area (Å²) in [7, 11) is 0. The van der Waals surface area contributed by atoms with Gasteiger partial charge in [0, 0.05) is 9.75 Å². The van der Waals surface area contributed by atoms with Crippen LogP contribution in [0.15, 0.2) is 60.7 Å². The Morgan fingerprint density at radius 3 is 1.36 bits per heavy atom. The van der Waals surface area contributed by atoms with Gasteiger partial charge in [-0.1, -0.05) is 59.6 Å². The number of fused-ring (bicyclic) bond motifs is 1. The first-order valence-electron chi connectivity index (χ1n) is 6.75. The number of hydrogen-bond acceptors (Lipinski definition) is 2. The van der Waals surface area contributed by atoms with E-state index in [4.69, 9.17) is 23.2 Å². The molecule has 0 fully saturated rings. The minimum atomic E-state index is 0.813. The second-order valence-corrected chi connectivity index (χ2v) is 8.34. The van der Waals surface area contributed by atoms with E-state index in [0.717, 1.165) is 8.67 Å². The maximum absolute atomic E-state index is 6.10. The van der Waals surface area contributed by atoms with E-state index in [2.05, 4.69) is 48.5 Å². The molecule has 0 amide bonds. The quantitative estimate of drug-likeness (QED) is 0.345. The second kappa shape index (κ2) is 5.71. The summed E-state index contributed by atoms with van der Waals surface area (Å²) >= 11 is 15.4. The topological polar surface area (TPSA) is 0 Å². The highest BCUT2D eigenvalue weighted by Crippen LogP contribution is 2.41. The highest BCUT2D eigenvalue weighted by atomic mass is 35.5. The lowest BCUT2D eigenvalue weighted by atomic mass is 9.98. The summed E-state index contributed by atoms with van der Waals surface area (Å²) < 4.78 is 1.63. The van der Waals surface area contributed by atoms with Gasteiger partial charge in [0.25, 0.3) is 0 Å². The van der Waals surface area contributed by atoms with Gasteiger partial charge in [-0.25, -0.2) is 0 Å². The molecule has 0 saturated heterocycles. The molecule has 4 rings (SSSR count). The molecule has 0 atom stereocenters. The fourth-order valence-electron chi connectivity index (χ4n) is 2.65.